The highest BCUT2D eigenvalue weighted by Gasteiger charge is 2.21. The Bertz CT molecular complexity index is 562. The van der Waals surface area contributed by atoms with Crippen LogP contribution in [0, 0.1) is 17.2 Å². The van der Waals surface area contributed by atoms with Crippen molar-refractivity contribution >= 4 is 11.6 Å². The van der Waals surface area contributed by atoms with Crippen LogP contribution in [0.25, 0.3) is 0 Å². The summed E-state index contributed by atoms with van der Waals surface area (Å²) >= 11 is 0. The van der Waals surface area contributed by atoms with Gasteiger partial charge in [0.15, 0.2) is 0 Å². The lowest BCUT2D eigenvalue weighted by atomic mass is 9.94. The fraction of sp³-hybridized carbons (Fsp3) is 0.533. The third-order valence-electron chi connectivity index (χ3n) is 3.75. The molecule has 1 N–H and O–H groups in total. The predicted molar refractivity (Wildman–Crippen MR) is 80.1 cm³/mol. The zero-order valence-electron chi connectivity index (χ0n) is 12.8. The summed E-state index contributed by atoms with van der Waals surface area (Å²) in [5.74, 6) is 0.548. The summed E-state index contributed by atoms with van der Waals surface area (Å²) in [6, 6.07) is 3.56. The number of rotatable bonds is 5. The van der Waals surface area contributed by atoms with Gasteiger partial charge < -0.3 is 14.9 Å². The molecular weight excluding hydrogens is 284 g/mol. The summed E-state index contributed by atoms with van der Waals surface area (Å²) in [5.41, 5.74) is 0.811. The van der Waals surface area contributed by atoms with Gasteiger partial charge in [-0.15, -0.1) is 0 Å². The highest BCUT2D eigenvalue weighted by molar-refractivity contribution is 5.90. The van der Waals surface area contributed by atoms with Gasteiger partial charge >= 0.3 is 0 Å². The first-order chi connectivity index (χ1) is 10.7. The molecule has 22 heavy (non-hydrogen) atoms. The minimum atomic E-state index is -0.0632. The van der Waals surface area contributed by atoms with Gasteiger partial charge in [0.2, 0.25) is 11.8 Å². The quantitative estimate of drug-likeness (QED) is 0.888. The molecule has 1 aliphatic heterocycles. The van der Waals surface area contributed by atoms with Gasteiger partial charge in [-0.1, -0.05) is 0 Å². The van der Waals surface area contributed by atoms with Crippen LogP contribution in [0.3, 0.4) is 0 Å². The predicted octanol–water partition coefficient (Wildman–Crippen LogP) is 1.56. The van der Waals surface area contributed by atoms with Crippen LogP contribution < -0.4 is 10.1 Å². The average molecular weight is 304 g/mol. The number of hydrogen-bond donors (Lipinski definition) is 1. The lowest BCUT2D eigenvalue weighted by Crippen LogP contribution is -2.34. The van der Waals surface area contributed by atoms with Crippen molar-refractivity contribution in [2.75, 3.05) is 32.6 Å². The molecule has 0 unspecified atom stereocenters. The van der Waals surface area contributed by atoms with E-state index in [2.05, 4.69) is 10.3 Å². The Balaban J connectivity index is 1.89. The normalized spacial score (nSPS) is 16.0. The van der Waals surface area contributed by atoms with Crippen molar-refractivity contribution < 1.29 is 14.4 Å². The Hall–Kier alpha value is -2.17. The maximum absolute atomic E-state index is 12.1. The number of aromatic nitrogens is 1. The van der Waals surface area contributed by atoms with Gasteiger partial charge in [0.1, 0.15) is 11.6 Å². The smallest absolute Gasteiger partial charge is 0.231 e. The third-order valence-corrected chi connectivity index (χ3v) is 3.75. The first kappa shape index (κ1) is 16.2. The van der Waals surface area contributed by atoms with E-state index >= 15 is 0 Å². The molecule has 0 atom stereocenters. The summed E-state index contributed by atoms with van der Waals surface area (Å²) in [7, 11) is 3.12. The first-order valence-corrected chi connectivity index (χ1v) is 7.19. The molecule has 1 aromatic rings. The second kappa shape index (κ2) is 7.73. The fourth-order valence-electron chi connectivity index (χ4n) is 2.53. The largest absolute Gasteiger partial charge is 0.480 e. The van der Waals surface area contributed by atoms with Gasteiger partial charge in [0, 0.05) is 19.5 Å². The number of anilines is 1. The molecular formula is C15H20N4O3. The molecule has 1 saturated heterocycles. The van der Waals surface area contributed by atoms with Crippen molar-refractivity contribution in [3.05, 3.63) is 17.8 Å². The van der Waals surface area contributed by atoms with Crippen molar-refractivity contribution in [2.45, 2.75) is 19.3 Å². The van der Waals surface area contributed by atoms with Gasteiger partial charge in [0.25, 0.3) is 0 Å². The van der Waals surface area contributed by atoms with Crippen LogP contribution >= 0.6 is 0 Å². The third kappa shape index (κ3) is 4.16. The van der Waals surface area contributed by atoms with Crippen molar-refractivity contribution in [2.24, 2.45) is 5.92 Å². The molecule has 7 heteroatoms. The molecule has 118 valence electrons. The number of nitrogens with zero attached hydrogens (tertiary/aromatic N) is 3. The molecule has 0 aliphatic carbocycles. The van der Waals surface area contributed by atoms with Crippen LogP contribution in [0.15, 0.2) is 12.3 Å². The molecule has 0 radical (unpaired) electrons. The Morgan fingerprint density at radius 3 is 2.82 bits per heavy atom. The molecule has 1 aromatic heterocycles. The van der Waals surface area contributed by atoms with Gasteiger partial charge in [-0.3, -0.25) is 4.79 Å². The minimum Gasteiger partial charge on any atom is -0.480 e. The molecule has 0 saturated carbocycles. The monoisotopic (exact) mass is 304 g/mol. The number of amides is 1. The van der Waals surface area contributed by atoms with Gasteiger partial charge in [-0.05, 0) is 24.8 Å². The molecule has 1 aliphatic rings. The van der Waals surface area contributed by atoms with E-state index in [1.807, 2.05) is 11.1 Å². The number of methoxy groups -OCH3 is 1. The zero-order chi connectivity index (χ0) is 15.9. The standard InChI is InChI=1S/C15H20N4O3/c1-21-15-12(9-16)8-13(10-17-15)18-14(20)7-11-3-5-19(22-2)6-4-11/h8,10-11H,3-7H2,1-2H3,(H,18,20). The maximum Gasteiger partial charge on any atom is 0.231 e. The van der Waals surface area contributed by atoms with Crippen molar-refractivity contribution in [3.8, 4) is 11.9 Å². The Morgan fingerprint density at radius 2 is 2.23 bits per heavy atom. The van der Waals surface area contributed by atoms with Crippen molar-refractivity contribution in [1.82, 2.24) is 10.0 Å². The molecule has 7 nitrogen and oxygen atoms in total. The van der Waals surface area contributed by atoms with Gasteiger partial charge in [-0.25, -0.2) is 4.98 Å². The second-order valence-electron chi connectivity index (χ2n) is 5.20. The van der Waals surface area contributed by atoms with E-state index < -0.39 is 0 Å². The van der Waals surface area contributed by atoms with Crippen LogP contribution in [0.1, 0.15) is 24.8 Å². The number of carbonyl (C=O) groups is 1. The van der Waals surface area contributed by atoms with Gasteiger partial charge in [-0.2, -0.15) is 10.3 Å². The van der Waals surface area contributed by atoms with Crippen molar-refractivity contribution in [3.63, 3.8) is 0 Å². The van der Waals surface area contributed by atoms with Crippen LogP contribution in [0.4, 0.5) is 5.69 Å². The molecule has 1 amide bonds. The van der Waals surface area contributed by atoms with E-state index in [0.29, 0.717) is 23.6 Å². The lowest BCUT2D eigenvalue weighted by molar-refractivity contribution is -0.149. The van der Waals surface area contributed by atoms with E-state index in [1.165, 1.54) is 13.3 Å². The lowest BCUT2D eigenvalue weighted by Gasteiger charge is -2.29. The number of hydrogen-bond acceptors (Lipinski definition) is 6. The summed E-state index contributed by atoms with van der Waals surface area (Å²) in [4.78, 5) is 21.3. The Labute approximate surface area is 129 Å². The van der Waals surface area contributed by atoms with Crippen LogP contribution in [-0.4, -0.2) is 43.3 Å². The summed E-state index contributed by atoms with van der Waals surface area (Å²) < 4.78 is 4.98. The van der Waals surface area contributed by atoms with Crippen LogP contribution in [-0.2, 0) is 9.63 Å². The summed E-state index contributed by atoms with van der Waals surface area (Å²) in [5, 5.41) is 13.7. The number of carbonyl (C=O) groups excluding carboxylic acids is 1. The molecule has 2 rings (SSSR count). The molecule has 2 heterocycles. The van der Waals surface area contributed by atoms with E-state index in [0.717, 1.165) is 25.9 Å². The minimum absolute atomic E-state index is 0.0632. The summed E-state index contributed by atoms with van der Waals surface area (Å²) in [6.07, 6.45) is 3.83. The molecule has 0 spiro atoms. The highest BCUT2D eigenvalue weighted by atomic mass is 16.7. The number of nitrogens with one attached hydrogen (secondary N) is 1. The highest BCUT2D eigenvalue weighted by Crippen LogP contribution is 2.22. The number of hydroxylamine groups is 2. The van der Waals surface area contributed by atoms with Crippen molar-refractivity contribution in [1.29, 1.82) is 5.26 Å². The van der Waals surface area contributed by atoms with E-state index in [4.69, 9.17) is 14.8 Å². The molecule has 0 aromatic carbocycles. The Kier molecular flexibility index (Phi) is 5.69. The van der Waals surface area contributed by atoms with Gasteiger partial charge in [0.05, 0.1) is 26.1 Å². The number of ether oxygens (including phenoxy) is 1. The summed E-state index contributed by atoms with van der Waals surface area (Å²) in [6.45, 7) is 1.69. The molecule has 0 bridgehead atoms. The first-order valence-electron chi connectivity index (χ1n) is 7.19. The van der Waals surface area contributed by atoms with E-state index in [1.54, 1.807) is 13.2 Å². The van der Waals surface area contributed by atoms with Crippen LogP contribution in [0.5, 0.6) is 5.88 Å². The SMILES string of the molecule is COc1ncc(NC(=O)CC2CCN(OC)CC2)cc1C#N. The number of pyridine rings is 1. The average Bonchev–Trinajstić information content (AvgIpc) is 2.55. The molecule has 1 fully saturated rings. The second-order valence-corrected chi connectivity index (χ2v) is 5.20. The maximum atomic E-state index is 12.1. The Morgan fingerprint density at radius 1 is 1.50 bits per heavy atom. The topological polar surface area (TPSA) is 87.5 Å². The van der Waals surface area contributed by atoms with E-state index in [-0.39, 0.29) is 11.8 Å². The van der Waals surface area contributed by atoms with Crippen LogP contribution in [0.2, 0.25) is 0 Å². The fourth-order valence-corrected chi connectivity index (χ4v) is 2.53. The van der Waals surface area contributed by atoms with E-state index in [9.17, 15) is 4.79 Å². The zero-order valence-corrected chi connectivity index (χ0v) is 12.8. The number of nitriles is 1. The number of piperidine rings is 1.